The molecule has 1 fully saturated rings. The lowest BCUT2D eigenvalue weighted by molar-refractivity contribution is -0.125. The minimum absolute atomic E-state index is 0.113. The fourth-order valence-corrected chi connectivity index (χ4v) is 2.11. The van der Waals surface area contributed by atoms with Crippen LogP contribution in [-0.2, 0) is 0 Å². The van der Waals surface area contributed by atoms with Crippen LogP contribution >= 0.6 is 0 Å². The van der Waals surface area contributed by atoms with Crippen LogP contribution in [0.2, 0.25) is 0 Å². The molecule has 0 aromatic rings. The number of hydrogen-bond acceptors (Lipinski definition) is 2. The Kier molecular flexibility index (Phi) is 5.66. The summed E-state index contributed by atoms with van der Waals surface area (Å²) in [4.78, 5) is 0. The van der Waals surface area contributed by atoms with Crippen LogP contribution in [0.25, 0.3) is 0 Å². The molecule has 2 N–H and O–H groups in total. The fraction of sp³-hybridized carbons (Fsp3) is 1.00. The molecule has 1 aliphatic heterocycles. The molecule has 1 saturated heterocycles. The molecule has 2 nitrogen and oxygen atoms in total. The second-order valence-electron chi connectivity index (χ2n) is 4.64. The summed E-state index contributed by atoms with van der Waals surface area (Å²) in [6.07, 6.45) is -0.507. The number of piperidine rings is 1. The molecule has 0 radical (unpaired) electrons. The molecule has 102 valence electrons. The SMILES string of the molecule is CCC1CCNC(CNCC(F)(F)C(F)F)C1. The summed E-state index contributed by atoms with van der Waals surface area (Å²) in [5.41, 5.74) is 0. The van der Waals surface area contributed by atoms with Crippen LogP contribution < -0.4 is 10.6 Å². The van der Waals surface area contributed by atoms with Gasteiger partial charge in [0.2, 0.25) is 0 Å². The zero-order chi connectivity index (χ0) is 12.9. The van der Waals surface area contributed by atoms with Gasteiger partial charge in [-0.15, -0.1) is 0 Å². The van der Waals surface area contributed by atoms with E-state index >= 15 is 0 Å². The summed E-state index contributed by atoms with van der Waals surface area (Å²) in [5, 5.41) is 5.63. The van der Waals surface area contributed by atoms with Gasteiger partial charge in [-0.3, -0.25) is 0 Å². The molecule has 1 rings (SSSR count). The Bertz CT molecular complexity index is 224. The highest BCUT2D eigenvalue weighted by Gasteiger charge is 2.40. The van der Waals surface area contributed by atoms with Gasteiger partial charge < -0.3 is 10.6 Å². The Morgan fingerprint density at radius 3 is 2.71 bits per heavy atom. The van der Waals surface area contributed by atoms with Crippen molar-refractivity contribution in [3.8, 4) is 0 Å². The van der Waals surface area contributed by atoms with Crippen molar-refractivity contribution >= 4 is 0 Å². The molecule has 2 unspecified atom stereocenters. The van der Waals surface area contributed by atoms with Crippen LogP contribution in [0.3, 0.4) is 0 Å². The highest BCUT2D eigenvalue weighted by molar-refractivity contribution is 4.81. The largest absolute Gasteiger partial charge is 0.319 e. The van der Waals surface area contributed by atoms with Crippen LogP contribution in [0.4, 0.5) is 17.6 Å². The van der Waals surface area contributed by atoms with Crippen LogP contribution in [0.15, 0.2) is 0 Å². The quantitative estimate of drug-likeness (QED) is 0.712. The number of rotatable bonds is 6. The molecule has 0 bridgehead atoms. The van der Waals surface area contributed by atoms with Crippen molar-refractivity contribution in [3.05, 3.63) is 0 Å². The van der Waals surface area contributed by atoms with Crippen molar-refractivity contribution in [1.82, 2.24) is 10.6 Å². The van der Waals surface area contributed by atoms with E-state index in [-0.39, 0.29) is 6.04 Å². The van der Waals surface area contributed by atoms with E-state index in [1.807, 2.05) is 0 Å². The van der Waals surface area contributed by atoms with E-state index in [0.29, 0.717) is 12.5 Å². The van der Waals surface area contributed by atoms with E-state index in [9.17, 15) is 17.6 Å². The van der Waals surface area contributed by atoms with Crippen molar-refractivity contribution < 1.29 is 17.6 Å². The zero-order valence-corrected chi connectivity index (χ0v) is 9.99. The van der Waals surface area contributed by atoms with Gasteiger partial charge in [-0.2, -0.15) is 8.78 Å². The molecule has 0 amide bonds. The standard InChI is InChI=1S/C11H20F4N2/c1-2-8-3-4-17-9(5-8)6-16-7-11(14,15)10(12)13/h8-10,16-17H,2-7H2,1H3. The van der Waals surface area contributed by atoms with Gasteiger partial charge in [0.15, 0.2) is 0 Å². The average molecular weight is 256 g/mol. The van der Waals surface area contributed by atoms with E-state index in [1.54, 1.807) is 0 Å². The highest BCUT2D eigenvalue weighted by atomic mass is 19.3. The maximum atomic E-state index is 12.6. The Balaban J connectivity index is 2.22. The third-order valence-electron chi connectivity index (χ3n) is 3.25. The molecule has 6 heteroatoms. The average Bonchev–Trinajstić information content (AvgIpc) is 2.29. The van der Waals surface area contributed by atoms with Crippen molar-refractivity contribution in [2.75, 3.05) is 19.6 Å². The molecule has 0 spiro atoms. The Morgan fingerprint density at radius 1 is 1.41 bits per heavy atom. The molecular weight excluding hydrogens is 236 g/mol. The van der Waals surface area contributed by atoms with E-state index in [4.69, 9.17) is 0 Å². The first kappa shape index (κ1) is 14.7. The van der Waals surface area contributed by atoms with Crippen LogP contribution in [0, 0.1) is 5.92 Å². The van der Waals surface area contributed by atoms with Crippen LogP contribution in [0.1, 0.15) is 26.2 Å². The van der Waals surface area contributed by atoms with Crippen molar-refractivity contribution in [2.45, 2.75) is 44.6 Å². The predicted octanol–water partition coefficient (Wildman–Crippen LogP) is 2.25. The van der Waals surface area contributed by atoms with E-state index in [1.165, 1.54) is 0 Å². The van der Waals surface area contributed by atoms with Gasteiger partial charge in [0.1, 0.15) is 0 Å². The number of halogens is 4. The Morgan fingerprint density at radius 2 is 2.12 bits per heavy atom. The minimum Gasteiger partial charge on any atom is -0.313 e. The van der Waals surface area contributed by atoms with Crippen LogP contribution in [0.5, 0.6) is 0 Å². The third kappa shape index (κ3) is 4.79. The summed E-state index contributed by atoms with van der Waals surface area (Å²) in [7, 11) is 0. The number of alkyl halides is 4. The third-order valence-corrected chi connectivity index (χ3v) is 3.25. The maximum absolute atomic E-state index is 12.6. The highest BCUT2D eigenvalue weighted by Crippen LogP contribution is 2.22. The summed E-state index contributed by atoms with van der Waals surface area (Å²) >= 11 is 0. The predicted molar refractivity (Wildman–Crippen MR) is 58.6 cm³/mol. The number of nitrogens with one attached hydrogen (secondary N) is 2. The lowest BCUT2D eigenvalue weighted by Gasteiger charge is -2.30. The normalized spacial score (nSPS) is 26.5. The van der Waals surface area contributed by atoms with Gasteiger partial charge in [-0.05, 0) is 25.3 Å². The summed E-state index contributed by atoms with van der Waals surface area (Å²) in [5.74, 6) is -3.32. The van der Waals surface area contributed by atoms with Gasteiger partial charge in [-0.25, -0.2) is 8.78 Å². The molecule has 0 saturated carbocycles. The lowest BCUT2D eigenvalue weighted by atomic mass is 9.90. The Hall–Kier alpha value is -0.360. The smallest absolute Gasteiger partial charge is 0.313 e. The van der Waals surface area contributed by atoms with Gasteiger partial charge in [0.25, 0.3) is 0 Å². The van der Waals surface area contributed by atoms with Crippen molar-refractivity contribution in [2.24, 2.45) is 5.92 Å². The first-order valence-corrected chi connectivity index (χ1v) is 6.05. The van der Waals surface area contributed by atoms with Gasteiger partial charge in [0, 0.05) is 12.6 Å². The van der Waals surface area contributed by atoms with Gasteiger partial charge >= 0.3 is 12.3 Å². The summed E-state index contributed by atoms with van der Waals surface area (Å²) in [6, 6.07) is 0.113. The molecule has 0 aromatic heterocycles. The molecule has 0 aromatic carbocycles. The molecule has 1 heterocycles. The Labute approximate surface area is 99.1 Å². The van der Waals surface area contributed by atoms with Gasteiger partial charge in [-0.1, -0.05) is 13.3 Å². The van der Waals surface area contributed by atoms with Crippen molar-refractivity contribution in [1.29, 1.82) is 0 Å². The van der Waals surface area contributed by atoms with E-state index < -0.39 is 18.9 Å². The maximum Gasteiger partial charge on any atom is 0.319 e. The number of hydrogen-bond donors (Lipinski definition) is 2. The molecule has 2 atom stereocenters. The minimum atomic E-state index is -3.93. The summed E-state index contributed by atoms with van der Waals surface area (Å²) in [6.45, 7) is 2.33. The van der Waals surface area contributed by atoms with Crippen molar-refractivity contribution in [3.63, 3.8) is 0 Å². The van der Waals surface area contributed by atoms with Gasteiger partial charge in [0.05, 0.1) is 6.54 Å². The lowest BCUT2D eigenvalue weighted by Crippen LogP contribution is -2.47. The first-order chi connectivity index (χ1) is 7.95. The molecule has 17 heavy (non-hydrogen) atoms. The monoisotopic (exact) mass is 256 g/mol. The van der Waals surface area contributed by atoms with E-state index in [0.717, 1.165) is 25.8 Å². The first-order valence-electron chi connectivity index (χ1n) is 6.05. The van der Waals surface area contributed by atoms with E-state index in [2.05, 4.69) is 17.6 Å². The second-order valence-corrected chi connectivity index (χ2v) is 4.64. The summed E-state index contributed by atoms with van der Waals surface area (Å²) < 4.78 is 49.0. The molecule has 1 aliphatic rings. The zero-order valence-electron chi connectivity index (χ0n) is 9.99. The molecular formula is C11H20F4N2. The second kappa shape index (κ2) is 6.54. The van der Waals surface area contributed by atoms with Crippen LogP contribution in [-0.4, -0.2) is 38.0 Å². The molecule has 0 aliphatic carbocycles. The fourth-order valence-electron chi connectivity index (χ4n) is 2.11. The topological polar surface area (TPSA) is 24.1 Å².